The van der Waals surface area contributed by atoms with Crippen molar-refractivity contribution in [3.8, 4) is 0 Å². The molecule has 0 bridgehead atoms. The van der Waals surface area contributed by atoms with Gasteiger partial charge in [-0.3, -0.25) is 0 Å². The average molecular weight is 373 g/mol. The van der Waals surface area contributed by atoms with E-state index in [1.165, 1.54) is 16.7 Å². The second kappa shape index (κ2) is 6.48. The SMILES string of the molecule is CNC(c1cc(C)c(Br)cc1C)c1cccc(Cl)c1Cl. The molecule has 2 aromatic carbocycles. The van der Waals surface area contributed by atoms with E-state index in [0.29, 0.717) is 10.0 Å². The van der Waals surface area contributed by atoms with Crippen molar-refractivity contribution in [1.82, 2.24) is 5.32 Å². The Bertz CT molecular complexity index is 641. The van der Waals surface area contributed by atoms with Crippen LogP contribution in [0.4, 0.5) is 0 Å². The maximum absolute atomic E-state index is 6.36. The van der Waals surface area contributed by atoms with E-state index in [-0.39, 0.29) is 6.04 Å². The van der Waals surface area contributed by atoms with Crippen LogP contribution in [0.15, 0.2) is 34.8 Å². The monoisotopic (exact) mass is 371 g/mol. The van der Waals surface area contributed by atoms with Gasteiger partial charge in [0.25, 0.3) is 0 Å². The number of aryl methyl sites for hydroxylation is 2. The summed E-state index contributed by atoms with van der Waals surface area (Å²) in [7, 11) is 1.93. The van der Waals surface area contributed by atoms with Gasteiger partial charge in [-0.25, -0.2) is 0 Å². The summed E-state index contributed by atoms with van der Waals surface area (Å²) >= 11 is 16.1. The predicted molar refractivity (Wildman–Crippen MR) is 91.0 cm³/mol. The highest BCUT2D eigenvalue weighted by atomic mass is 79.9. The Hall–Kier alpha value is -0.540. The lowest BCUT2D eigenvalue weighted by molar-refractivity contribution is 0.687. The summed E-state index contributed by atoms with van der Waals surface area (Å²) in [6.07, 6.45) is 0. The highest BCUT2D eigenvalue weighted by Gasteiger charge is 2.19. The predicted octanol–water partition coefficient (Wildman–Crippen LogP) is 5.68. The molecule has 0 aliphatic heterocycles. The van der Waals surface area contributed by atoms with Crippen molar-refractivity contribution in [2.45, 2.75) is 19.9 Å². The smallest absolute Gasteiger partial charge is 0.0643 e. The van der Waals surface area contributed by atoms with Gasteiger partial charge in [0.2, 0.25) is 0 Å². The molecular formula is C16H16BrCl2N. The van der Waals surface area contributed by atoms with Crippen LogP contribution in [0.5, 0.6) is 0 Å². The third-order valence-electron chi connectivity index (χ3n) is 3.44. The van der Waals surface area contributed by atoms with Crippen LogP contribution in [-0.2, 0) is 0 Å². The second-order valence-electron chi connectivity index (χ2n) is 4.82. The van der Waals surface area contributed by atoms with Gasteiger partial charge in [0.05, 0.1) is 16.1 Å². The molecule has 0 heterocycles. The lowest BCUT2D eigenvalue weighted by Crippen LogP contribution is -2.19. The Morgan fingerprint density at radius 1 is 1.05 bits per heavy atom. The molecule has 0 radical (unpaired) electrons. The molecule has 106 valence electrons. The topological polar surface area (TPSA) is 12.0 Å². The van der Waals surface area contributed by atoms with Crippen LogP contribution in [0.25, 0.3) is 0 Å². The molecule has 0 aliphatic carbocycles. The molecule has 1 atom stereocenters. The molecule has 0 aliphatic rings. The van der Waals surface area contributed by atoms with Crippen molar-refractivity contribution in [3.63, 3.8) is 0 Å². The Morgan fingerprint density at radius 2 is 1.75 bits per heavy atom. The van der Waals surface area contributed by atoms with Gasteiger partial charge in [-0.1, -0.05) is 57.3 Å². The van der Waals surface area contributed by atoms with Gasteiger partial charge in [-0.05, 0) is 55.3 Å². The molecule has 1 unspecified atom stereocenters. The molecule has 0 fully saturated rings. The number of hydrogen-bond donors (Lipinski definition) is 1. The maximum atomic E-state index is 6.36. The summed E-state index contributed by atoms with van der Waals surface area (Å²) in [4.78, 5) is 0. The third kappa shape index (κ3) is 3.04. The van der Waals surface area contributed by atoms with Gasteiger partial charge >= 0.3 is 0 Å². The molecule has 0 saturated carbocycles. The number of nitrogens with one attached hydrogen (secondary N) is 1. The van der Waals surface area contributed by atoms with Gasteiger partial charge in [0, 0.05) is 4.47 Å². The lowest BCUT2D eigenvalue weighted by Gasteiger charge is -2.22. The molecule has 1 nitrogen and oxygen atoms in total. The summed E-state index contributed by atoms with van der Waals surface area (Å²) in [5.41, 5.74) is 4.60. The zero-order valence-corrected chi connectivity index (χ0v) is 14.7. The number of benzene rings is 2. The Kier molecular flexibility index (Phi) is 5.14. The molecule has 2 rings (SSSR count). The van der Waals surface area contributed by atoms with E-state index in [2.05, 4.69) is 47.2 Å². The zero-order chi connectivity index (χ0) is 14.9. The van der Waals surface area contributed by atoms with Crippen LogP contribution >= 0.6 is 39.1 Å². The summed E-state index contributed by atoms with van der Waals surface area (Å²) < 4.78 is 1.12. The standard InChI is InChI=1S/C16H16BrCl2N/c1-9-8-13(17)10(2)7-12(9)16(20-3)11-5-4-6-14(18)15(11)19/h4-8,16,20H,1-3H3. The fourth-order valence-corrected chi connectivity index (χ4v) is 3.21. The Morgan fingerprint density at radius 3 is 2.40 bits per heavy atom. The first-order chi connectivity index (χ1) is 9.45. The molecule has 4 heteroatoms. The summed E-state index contributed by atoms with van der Waals surface area (Å²) in [5, 5.41) is 4.52. The van der Waals surface area contributed by atoms with E-state index >= 15 is 0 Å². The summed E-state index contributed by atoms with van der Waals surface area (Å²) in [6.45, 7) is 4.18. The van der Waals surface area contributed by atoms with Crippen LogP contribution in [0, 0.1) is 13.8 Å². The first-order valence-corrected chi connectivity index (χ1v) is 7.88. The minimum atomic E-state index is 0.0213. The number of hydrogen-bond acceptors (Lipinski definition) is 1. The van der Waals surface area contributed by atoms with Gasteiger partial charge in [0.15, 0.2) is 0 Å². The molecule has 20 heavy (non-hydrogen) atoms. The van der Waals surface area contributed by atoms with Gasteiger partial charge in [-0.15, -0.1) is 0 Å². The van der Waals surface area contributed by atoms with Crippen LogP contribution in [-0.4, -0.2) is 7.05 Å². The number of halogens is 3. The molecule has 0 aromatic heterocycles. The second-order valence-corrected chi connectivity index (χ2v) is 6.46. The van der Waals surface area contributed by atoms with Crippen molar-refractivity contribution in [2.24, 2.45) is 0 Å². The van der Waals surface area contributed by atoms with E-state index in [9.17, 15) is 0 Å². The van der Waals surface area contributed by atoms with E-state index in [0.717, 1.165) is 10.0 Å². The van der Waals surface area contributed by atoms with Crippen molar-refractivity contribution in [2.75, 3.05) is 7.05 Å². The Balaban J connectivity index is 2.58. The maximum Gasteiger partial charge on any atom is 0.0643 e. The van der Waals surface area contributed by atoms with Crippen LogP contribution in [0.3, 0.4) is 0 Å². The third-order valence-corrected chi connectivity index (χ3v) is 5.13. The average Bonchev–Trinajstić information content (AvgIpc) is 2.41. The molecule has 0 saturated heterocycles. The Labute approximate surface area is 138 Å². The molecule has 2 aromatic rings. The minimum Gasteiger partial charge on any atom is -0.309 e. The first kappa shape index (κ1) is 15.8. The zero-order valence-electron chi connectivity index (χ0n) is 11.6. The molecular weight excluding hydrogens is 357 g/mol. The van der Waals surface area contributed by atoms with Crippen molar-refractivity contribution in [3.05, 3.63) is 67.1 Å². The molecule has 0 amide bonds. The van der Waals surface area contributed by atoms with Crippen LogP contribution < -0.4 is 5.32 Å². The molecule has 0 spiro atoms. The van der Waals surface area contributed by atoms with E-state index < -0.39 is 0 Å². The fraction of sp³-hybridized carbons (Fsp3) is 0.250. The van der Waals surface area contributed by atoms with Gasteiger partial charge in [0.1, 0.15) is 0 Å². The normalized spacial score (nSPS) is 12.5. The van der Waals surface area contributed by atoms with E-state index in [1.807, 2.05) is 19.2 Å². The minimum absolute atomic E-state index is 0.0213. The lowest BCUT2D eigenvalue weighted by atomic mass is 9.93. The first-order valence-electron chi connectivity index (χ1n) is 6.33. The van der Waals surface area contributed by atoms with Crippen molar-refractivity contribution in [1.29, 1.82) is 0 Å². The number of rotatable bonds is 3. The fourth-order valence-electron chi connectivity index (χ4n) is 2.34. The highest BCUT2D eigenvalue weighted by Crippen LogP contribution is 2.35. The quantitative estimate of drug-likeness (QED) is 0.730. The van der Waals surface area contributed by atoms with Gasteiger partial charge in [-0.2, -0.15) is 0 Å². The van der Waals surface area contributed by atoms with Gasteiger partial charge < -0.3 is 5.32 Å². The van der Waals surface area contributed by atoms with Crippen molar-refractivity contribution >= 4 is 39.1 Å². The largest absolute Gasteiger partial charge is 0.309 e. The van der Waals surface area contributed by atoms with Crippen molar-refractivity contribution < 1.29 is 0 Å². The van der Waals surface area contributed by atoms with Crippen LogP contribution in [0.2, 0.25) is 10.0 Å². The van der Waals surface area contributed by atoms with E-state index in [4.69, 9.17) is 23.2 Å². The molecule has 1 N–H and O–H groups in total. The summed E-state index contributed by atoms with van der Waals surface area (Å²) in [5.74, 6) is 0. The van der Waals surface area contributed by atoms with Crippen LogP contribution in [0.1, 0.15) is 28.3 Å². The van der Waals surface area contributed by atoms with E-state index in [1.54, 1.807) is 6.07 Å². The summed E-state index contributed by atoms with van der Waals surface area (Å²) in [6, 6.07) is 10.1. The highest BCUT2D eigenvalue weighted by molar-refractivity contribution is 9.10.